The van der Waals surface area contributed by atoms with Crippen LogP contribution in [0, 0.1) is 0 Å². The van der Waals surface area contributed by atoms with E-state index in [0.717, 1.165) is 6.07 Å². The van der Waals surface area contributed by atoms with Crippen molar-refractivity contribution >= 4 is 40.1 Å². The van der Waals surface area contributed by atoms with E-state index in [2.05, 4.69) is 0 Å². The monoisotopic (exact) mass is 424 g/mol. The van der Waals surface area contributed by atoms with Crippen LogP contribution in [0.5, 0.6) is 11.5 Å². The van der Waals surface area contributed by atoms with Crippen molar-refractivity contribution in [2.24, 2.45) is 0 Å². The van der Waals surface area contributed by atoms with Gasteiger partial charge in [-0.05, 0) is 30.3 Å². The minimum atomic E-state index is -1.79. The Morgan fingerprint density at radius 1 is 1.18 bits per heavy atom. The molecule has 0 saturated carbocycles. The van der Waals surface area contributed by atoms with Gasteiger partial charge in [-0.25, -0.2) is 4.79 Å². The van der Waals surface area contributed by atoms with Gasteiger partial charge < -0.3 is 24.1 Å². The van der Waals surface area contributed by atoms with Crippen LogP contribution in [0.3, 0.4) is 0 Å². The first-order valence-electron chi connectivity index (χ1n) is 7.96. The third-order valence-electron chi connectivity index (χ3n) is 3.65. The number of fused-ring (bicyclic) bond motifs is 1. The molecule has 1 heterocycles. The number of hydrogen-bond donors (Lipinski definition) is 2. The summed E-state index contributed by atoms with van der Waals surface area (Å²) in [4.78, 5) is 23.3. The smallest absolute Gasteiger partial charge is 0.371 e. The van der Waals surface area contributed by atoms with E-state index in [1.54, 1.807) is 6.07 Å². The molecular formula is C19H14Cl2O7. The average molecular weight is 425 g/mol. The average Bonchev–Trinajstić information content (AvgIpc) is 2.62. The molecule has 0 saturated heterocycles. The molecule has 1 atom stereocenters. The molecule has 0 radical (unpaired) electrons. The molecule has 0 spiro atoms. The summed E-state index contributed by atoms with van der Waals surface area (Å²) in [5.74, 6) is -3.33. The molecular weight excluding hydrogens is 411 g/mol. The molecule has 0 aliphatic heterocycles. The zero-order chi connectivity index (χ0) is 20.5. The highest BCUT2D eigenvalue weighted by Crippen LogP contribution is 2.30. The van der Waals surface area contributed by atoms with Gasteiger partial charge in [-0.3, -0.25) is 4.79 Å². The molecule has 0 fully saturated rings. The lowest BCUT2D eigenvalue weighted by molar-refractivity contribution is -0.144. The van der Waals surface area contributed by atoms with Gasteiger partial charge in [-0.2, -0.15) is 0 Å². The molecule has 3 rings (SSSR count). The minimum absolute atomic E-state index is 0.0451. The molecule has 7 nitrogen and oxygen atoms in total. The first-order valence-corrected chi connectivity index (χ1v) is 8.71. The number of carbonyl (C=O) groups is 1. The van der Waals surface area contributed by atoms with E-state index in [4.69, 9.17) is 42.2 Å². The maximum Gasteiger partial charge on any atom is 0.371 e. The lowest BCUT2D eigenvalue weighted by Gasteiger charge is -2.25. The SMILES string of the molecule is CC(O)(COc1cccc2oc(C(=O)O)cc(=O)c12)Oc1ccc(Cl)cc1Cl. The van der Waals surface area contributed by atoms with Crippen LogP contribution in [0.4, 0.5) is 0 Å². The molecule has 28 heavy (non-hydrogen) atoms. The van der Waals surface area contributed by atoms with Crippen LogP contribution in [0.1, 0.15) is 17.5 Å². The van der Waals surface area contributed by atoms with E-state index in [1.807, 2.05) is 0 Å². The van der Waals surface area contributed by atoms with Gasteiger partial charge in [0.15, 0.2) is 12.0 Å². The summed E-state index contributed by atoms with van der Waals surface area (Å²) in [5, 5.41) is 20.1. The Morgan fingerprint density at radius 3 is 2.61 bits per heavy atom. The second kappa shape index (κ2) is 7.71. The molecule has 0 bridgehead atoms. The summed E-state index contributed by atoms with van der Waals surface area (Å²) in [6, 6.07) is 9.83. The first-order chi connectivity index (χ1) is 13.2. The number of aliphatic hydroxyl groups is 1. The van der Waals surface area contributed by atoms with Crippen LogP contribution in [-0.4, -0.2) is 28.6 Å². The van der Waals surface area contributed by atoms with Crippen molar-refractivity contribution in [2.45, 2.75) is 12.7 Å². The number of hydrogen-bond acceptors (Lipinski definition) is 6. The number of carboxylic acids is 1. The zero-order valence-corrected chi connectivity index (χ0v) is 16.0. The fraction of sp³-hybridized carbons (Fsp3) is 0.158. The van der Waals surface area contributed by atoms with Crippen LogP contribution < -0.4 is 14.9 Å². The van der Waals surface area contributed by atoms with Crippen molar-refractivity contribution in [3.05, 3.63) is 68.5 Å². The molecule has 2 aromatic carbocycles. The summed E-state index contributed by atoms with van der Waals surface area (Å²) < 4.78 is 16.2. The van der Waals surface area contributed by atoms with Crippen LogP contribution in [0.15, 0.2) is 51.7 Å². The predicted molar refractivity (Wildman–Crippen MR) is 103 cm³/mol. The normalized spacial score (nSPS) is 13.1. The van der Waals surface area contributed by atoms with Crippen LogP contribution in [0.2, 0.25) is 10.0 Å². The molecule has 146 valence electrons. The van der Waals surface area contributed by atoms with Crippen molar-refractivity contribution in [3.8, 4) is 11.5 Å². The van der Waals surface area contributed by atoms with Gasteiger partial charge in [-0.15, -0.1) is 0 Å². The second-order valence-electron chi connectivity index (χ2n) is 6.05. The molecule has 2 N–H and O–H groups in total. The largest absolute Gasteiger partial charge is 0.486 e. The number of benzene rings is 2. The summed E-state index contributed by atoms with van der Waals surface area (Å²) >= 11 is 11.9. The number of ether oxygens (including phenoxy) is 2. The summed E-state index contributed by atoms with van der Waals surface area (Å²) in [7, 11) is 0. The molecule has 1 aromatic heterocycles. The van der Waals surface area contributed by atoms with E-state index in [-0.39, 0.29) is 34.1 Å². The van der Waals surface area contributed by atoms with Crippen molar-refractivity contribution in [3.63, 3.8) is 0 Å². The Labute approximate surface area is 168 Å². The highest BCUT2D eigenvalue weighted by atomic mass is 35.5. The Morgan fingerprint density at radius 2 is 1.93 bits per heavy atom. The minimum Gasteiger partial charge on any atom is -0.486 e. The zero-order valence-electron chi connectivity index (χ0n) is 14.4. The Balaban J connectivity index is 1.84. The molecule has 0 aliphatic rings. The number of halogens is 2. The summed E-state index contributed by atoms with van der Waals surface area (Å²) in [5.41, 5.74) is -0.542. The maximum atomic E-state index is 12.3. The highest BCUT2D eigenvalue weighted by molar-refractivity contribution is 6.35. The van der Waals surface area contributed by atoms with Crippen molar-refractivity contribution < 1.29 is 28.9 Å². The van der Waals surface area contributed by atoms with Gasteiger partial charge in [0.1, 0.15) is 22.5 Å². The summed E-state index contributed by atoms with van der Waals surface area (Å²) in [6.07, 6.45) is 0. The lowest BCUT2D eigenvalue weighted by Crippen LogP contribution is -2.39. The van der Waals surface area contributed by atoms with Crippen LogP contribution in [-0.2, 0) is 0 Å². The fourth-order valence-electron chi connectivity index (χ4n) is 2.44. The van der Waals surface area contributed by atoms with Crippen LogP contribution >= 0.6 is 23.2 Å². The maximum absolute atomic E-state index is 12.3. The number of carboxylic acid groups (broad SMARTS) is 1. The number of aromatic carboxylic acids is 1. The van der Waals surface area contributed by atoms with Gasteiger partial charge in [-0.1, -0.05) is 29.3 Å². The molecule has 0 amide bonds. The highest BCUT2D eigenvalue weighted by Gasteiger charge is 2.26. The van der Waals surface area contributed by atoms with Crippen molar-refractivity contribution in [2.75, 3.05) is 6.61 Å². The first kappa shape index (κ1) is 20.0. The van der Waals surface area contributed by atoms with Gasteiger partial charge in [0.25, 0.3) is 0 Å². The van der Waals surface area contributed by atoms with Gasteiger partial charge in [0.2, 0.25) is 11.5 Å². The second-order valence-corrected chi connectivity index (χ2v) is 6.89. The van der Waals surface area contributed by atoms with Gasteiger partial charge in [0, 0.05) is 18.0 Å². The van der Waals surface area contributed by atoms with Crippen molar-refractivity contribution in [1.29, 1.82) is 0 Å². The van der Waals surface area contributed by atoms with E-state index in [1.165, 1.54) is 37.3 Å². The lowest BCUT2D eigenvalue weighted by atomic mass is 10.2. The topological polar surface area (TPSA) is 106 Å². The van der Waals surface area contributed by atoms with E-state index in [0.29, 0.717) is 5.02 Å². The molecule has 0 aliphatic carbocycles. The molecule has 1 unspecified atom stereocenters. The Hall–Kier alpha value is -2.74. The predicted octanol–water partition coefficient (Wildman–Crippen LogP) is 3.96. The summed E-state index contributed by atoms with van der Waals surface area (Å²) in [6.45, 7) is 0.999. The standard InChI is InChI=1S/C19H14Cl2O7/c1-19(25,28-13-6-5-10(20)7-11(13)21)9-26-14-3-2-4-15-17(14)12(22)8-16(27-15)18(23)24/h2-8,25H,9H2,1H3,(H,23,24). The van der Waals surface area contributed by atoms with Crippen LogP contribution in [0.25, 0.3) is 11.0 Å². The molecule has 9 heteroatoms. The Bertz CT molecular complexity index is 1110. The van der Waals surface area contributed by atoms with E-state index >= 15 is 0 Å². The van der Waals surface area contributed by atoms with Gasteiger partial charge in [0.05, 0.1) is 5.02 Å². The van der Waals surface area contributed by atoms with E-state index in [9.17, 15) is 14.7 Å². The third-order valence-corrected chi connectivity index (χ3v) is 4.18. The Kier molecular flexibility index (Phi) is 5.51. The third kappa shape index (κ3) is 4.39. The van der Waals surface area contributed by atoms with Crippen molar-refractivity contribution in [1.82, 2.24) is 0 Å². The van der Waals surface area contributed by atoms with E-state index < -0.39 is 22.9 Å². The fourth-order valence-corrected chi connectivity index (χ4v) is 2.89. The quantitative estimate of drug-likeness (QED) is 0.576. The number of rotatable bonds is 6. The van der Waals surface area contributed by atoms with Gasteiger partial charge >= 0.3 is 5.97 Å². The molecule has 3 aromatic rings.